The highest BCUT2D eigenvalue weighted by Crippen LogP contribution is 2.25. The Hall–Kier alpha value is -2.25. The van der Waals surface area contributed by atoms with Crippen molar-refractivity contribution >= 4 is 22.9 Å². The Bertz CT molecular complexity index is 617. The number of aromatic nitrogens is 2. The van der Waals surface area contributed by atoms with Crippen molar-refractivity contribution in [3.05, 3.63) is 23.8 Å². The van der Waals surface area contributed by atoms with E-state index in [1.54, 1.807) is 0 Å². The van der Waals surface area contributed by atoms with E-state index in [9.17, 15) is 18.0 Å². The van der Waals surface area contributed by atoms with Crippen LogP contribution in [0.1, 0.15) is 10.4 Å². The van der Waals surface area contributed by atoms with Crippen LogP contribution in [-0.4, -0.2) is 21.6 Å². The molecule has 18 heavy (non-hydrogen) atoms. The van der Waals surface area contributed by atoms with Crippen LogP contribution in [-0.2, 0) is 6.54 Å². The highest BCUT2D eigenvalue weighted by molar-refractivity contribution is 5.96. The Labute approximate surface area is 99.2 Å². The average molecular weight is 258 g/mol. The lowest BCUT2D eigenvalue weighted by atomic mass is 10.2. The number of hydrogen-bond acceptors (Lipinski definition) is 3. The zero-order chi connectivity index (χ0) is 13.5. The Morgan fingerprint density at radius 1 is 1.39 bits per heavy atom. The molecule has 2 rings (SSSR count). The van der Waals surface area contributed by atoms with E-state index >= 15 is 0 Å². The lowest BCUT2D eigenvalue weighted by molar-refractivity contribution is -0.139. The van der Waals surface area contributed by atoms with Gasteiger partial charge in [-0.2, -0.15) is 13.2 Å². The fourth-order valence-electron chi connectivity index (χ4n) is 1.65. The normalized spacial score (nSPS) is 11.9. The lowest BCUT2D eigenvalue weighted by Gasteiger charge is -2.09. The summed E-state index contributed by atoms with van der Waals surface area (Å²) in [6.45, 7) is -1.23. The van der Waals surface area contributed by atoms with Crippen molar-refractivity contribution in [2.45, 2.75) is 12.7 Å². The Morgan fingerprint density at radius 2 is 2.06 bits per heavy atom. The van der Waals surface area contributed by atoms with Gasteiger partial charge in [0, 0.05) is 5.56 Å². The second kappa shape index (κ2) is 3.90. The van der Waals surface area contributed by atoms with Gasteiger partial charge in [0.05, 0.1) is 11.0 Å². The smallest absolute Gasteiger partial charge is 0.369 e. The van der Waals surface area contributed by atoms with Gasteiger partial charge in [0.1, 0.15) is 6.54 Å². The number of primary amides is 1. The summed E-state index contributed by atoms with van der Waals surface area (Å²) >= 11 is 0. The van der Waals surface area contributed by atoms with E-state index in [-0.39, 0.29) is 22.5 Å². The molecule has 96 valence electrons. The molecule has 0 aliphatic rings. The van der Waals surface area contributed by atoms with E-state index in [0.29, 0.717) is 0 Å². The van der Waals surface area contributed by atoms with E-state index in [1.807, 2.05) is 0 Å². The fourth-order valence-corrected chi connectivity index (χ4v) is 1.65. The van der Waals surface area contributed by atoms with Crippen LogP contribution in [0.3, 0.4) is 0 Å². The Balaban J connectivity index is 2.55. The summed E-state index contributed by atoms with van der Waals surface area (Å²) in [6.07, 6.45) is -4.40. The van der Waals surface area contributed by atoms with E-state index in [1.165, 1.54) is 18.2 Å². The number of hydrogen-bond donors (Lipinski definition) is 2. The molecule has 0 unspecified atom stereocenters. The summed E-state index contributed by atoms with van der Waals surface area (Å²) in [6, 6.07) is 3.98. The largest absolute Gasteiger partial charge is 0.406 e. The first-order valence-electron chi connectivity index (χ1n) is 4.90. The van der Waals surface area contributed by atoms with Gasteiger partial charge in [-0.3, -0.25) is 4.79 Å². The predicted octanol–water partition coefficient (Wildman–Crippen LogP) is 1.28. The van der Waals surface area contributed by atoms with Crippen molar-refractivity contribution in [2.75, 3.05) is 5.73 Å². The maximum Gasteiger partial charge on any atom is 0.406 e. The maximum absolute atomic E-state index is 12.4. The minimum Gasteiger partial charge on any atom is -0.369 e. The van der Waals surface area contributed by atoms with Crippen molar-refractivity contribution in [3.63, 3.8) is 0 Å². The molecule has 0 aliphatic carbocycles. The number of nitrogens with zero attached hydrogens (tertiary/aromatic N) is 2. The first-order valence-corrected chi connectivity index (χ1v) is 4.90. The molecule has 1 amide bonds. The summed E-state index contributed by atoms with van der Waals surface area (Å²) in [5.74, 6) is -0.940. The number of benzene rings is 1. The number of carbonyl (C=O) groups is 1. The number of amides is 1. The van der Waals surface area contributed by atoms with Gasteiger partial charge in [-0.1, -0.05) is 0 Å². The maximum atomic E-state index is 12.4. The average Bonchev–Trinajstić information content (AvgIpc) is 2.52. The molecule has 0 saturated carbocycles. The molecule has 4 N–H and O–H groups in total. The summed E-state index contributed by atoms with van der Waals surface area (Å²) in [5, 5.41) is 0. The van der Waals surface area contributed by atoms with Gasteiger partial charge in [-0.25, -0.2) is 4.98 Å². The quantitative estimate of drug-likeness (QED) is 0.850. The standard InChI is InChI=1S/C10H9F3N4O/c11-10(12,13)4-17-7-2-1-5(8(14)18)3-6(7)16-9(17)15/h1-3H,4H2,(H2,14,18)(H2,15,16). The minimum atomic E-state index is -4.40. The van der Waals surface area contributed by atoms with Crippen LogP contribution < -0.4 is 11.5 Å². The molecule has 8 heteroatoms. The zero-order valence-electron chi connectivity index (χ0n) is 9.03. The van der Waals surface area contributed by atoms with Gasteiger partial charge >= 0.3 is 6.18 Å². The van der Waals surface area contributed by atoms with Gasteiger partial charge in [0.25, 0.3) is 0 Å². The SMILES string of the molecule is NC(=O)c1ccc2c(c1)nc(N)n2CC(F)(F)F. The first-order chi connectivity index (χ1) is 8.28. The van der Waals surface area contributed by atoms with Gasteiger partial charge in [-0.15, -0.1) is 0 Å². The molecule has 1 aromatic heterocycles. The van der Waals surface area contributed by atoms with Crippen molar-refractivity contribution in [1.29, 1.82) is 0 Å². The summed E-state index contributed by atoms with van der Waals surface area (Å²) in [5.41, 5.74) is 11.1. The van der Waals surface area contributed by atoms with Crippen LogP contribution in [0.15, 0.2) is 18.2 Å². The molecule has 0 bridgehead atoms. The molecule has 0 saturated heterocycles. The minimum absolute atomic E-state index is 0.166. The zero-order valence-corrected chi connectivity index (χ0v) is 9.03. The van der Waals surface area contributed by atoms with Crippen LogP contribution in [0.2, 0.25) is 0 Å². The molecule has 0 radical (unpaired) electrons. The molecule has 5 nitrogen and oxygen atoms in total. The number of rotatable bonds is 2. The number of anilines is 1. The van der Waals surface area contributed by atoms with E-state index in [2.05, 4.69) is 4.98 Å². The molecule has 1 aromatic carbocycles. The number of imidazole rings is 1. The van der Waals surface area contributed by atoms with Crippen LogP contribution >= 0.6 is 0 Å². The van der Waals surface area contributed by atoms with Crippen LogP contribution in [0.25, 0.3) is 11.0 Å². The third-order valence-electron chi connectivity index (χ3n) is 2.40. The number of alkyl halides is 3. The number of carbonyl (C=O) groups excluding carboxylic acids is 1. The molecule has 0 aliphatic heterocycles. The fraction of sp³-hybridized carbons (Fsp3) is 0.200. The first kappa shape index (κ1) is 12.2. The summed E-state index contributed by atoms with van der Waals surface area (Å²) < 4.78 is 37.9. The number of nitrogens with two attached hydrogens (primary N) is 2. The van der Waals surface area contributed by atoms with E-state index in [4.69, 9.17) is 11.5 Å². The third-order valence-corrected chi connectivity index (χ3v) is 2.40. The van der Waals surface area contributed by atoms with Crippen molar-refractivity contribution in [3.8, 4) is 0 Å². The second-order valence-corrected chi connectivity index (χ2v) is 3.74. The molecule has 1 heterocycles. The Kier molecular flexibility index (Phi) is 2.64. The topological polar surface area (TPSA) is 86.9 Å². The molecular formula is C10H9F3N4O. The van der Waals surface area contributed by atoms with Crippen molar-refractivity contribution in [1.82, 2.24) is 9.55 Å². The van der Waals surface area contributed by atoms with Crippen LogP contribution in [0.4, 0.5) is 19.1 Å². The third kappa shape index (κ3) is 2.22. The van der Waals surface area contributed by atoms with Crippen LogP contribution in [0.5, 0.6) is 0 Å². The number of fused-ring (bicyclic) bond motifs is 1. The molecular weight excluding hydrogens is 249 g/mol. The van der Waals surface area contributed by atoms with E-state index in [0.717, 1.165) is 4.57 Å². The molecule has 0 fully saturated rings. The van der Waals surface area contributed by atoms with Crippen molar-refractivity contribution in [2.24, 2.45) is 5.73 Å². The van der Waals surface area contributed by atoms with Crippen LogP contribution in [0, 0.1) is 0 Å². The molecule has 2 aromatic rings. The molecule has 0 atom stereocenters. The number of nitrogen functional groups attached to an aromatic ring is 1. The van der Waals surface area contributed by atoms with Gasteiger partial charge < -0.3 is 16.0 Å². The lowest BCUT2D eigenvalue weighted by Crippen LogP contribution is -2.19. The second-order valence-electron chi connectivity index (χ2n) is 3.74. The summed E-state index contributed by atoms with van der Waals surface area (Å²) in [4.78, 5) is 14.7. The monoisotopic (exact) mass is 258 g/mol. The van der Waals surface area contributed by atoms with Gasteiger partial charge in [0.15, 0.2) is 0 Å². The van der Waals surface area contributed by atoms with Gasteiger partial charge in [0.2, 0.25) is 11.9 Å². The predicted molar refractivity (Wildman–Crippen MR) is 58.7 cm³/mol. The number of halogens is 3. The highest BCUT2D eigenvalue weighted by atomic mass is 19.4. The summed E-state index contributed by atoms with van der Waals surface area (Å²) in [7, 11) is 0. The molecule has 0 spiro atoms. The highest BCUT2D eigenvalue weighted by Gasteiger charge is 2.29. The Morgan fingerprint density at radius 3 is 2.61 bits per heavy atom. The van der Waals surface area contributed by atoms with E-state index < -0.39 is 18.6 Å². The van der Waals surface area contributed by atoms with Crippen molar-refractivity contribution < 1.29 is 18.0 Å². The van der Waals surface area contributed by atoms with Gasteiger partial charge in [-0.05, 0) is 18.2 Å².